The molecule has 0 aliphatic heterocycles. The molecule has 1 heterocycles. The van der Waals surface area contributed by atoms with Gasteiger partial charge in [-0.2, -0.15) is 18.3 Å². The molecule has 2 amide bonds. The van der Waals surface area contributed by atoms with E-state index >= 15 is 0 Å². The number of amides is 2. The summed E-state index contributed by atoms with van der Waals surface area (Å²) >= 11 is 5.99. The van der Waals surface area contributed by atoms with Crippen molar-refractivity contribution in [3.05, 3.63) is 89.4 Å². The van der Waals surface area contributed by atoms with Crippen molar-refractivity contribution in [2.45, 2.75) is 6.18 Å². The van der Waals surface area contributed by atoms with Gasteiger partial charge >= 0.3 is 12.2 Å². The predicted molar refractivity (Wildman–Crippen MR) is 132 cm³/mol. The first-order chi connectivity index (χ1) is 17.2. The van der Waals surface area contributed by atoms with E-state index in [0.717, 1.165) is 12.1 Å². The second-order valence-corrected chi connectivity index (χ2v) is 8.05. The van der Waals surface area contributed by atoms with Crippen LogP contribution in [-0.2, 0) is 6.18 Å². The molecule has 0 unspecified atom stereocenters. The topological polar surface area (TPSA) is 94.2 Å². The number of alkyl halides is 3. The largest absolute Gasteiger partial charge is 0.492 e. The van der Waals surface area contributed by atoms with Crippen molar-refractivity contribution < 1.29 is 22.7 Å². The number of rotatable bonds is 7. The van der Waals surface area contributed by atoms with Crippen molar-refractivity contribution in [1.82, 2.24) is 15.1 Å². The Morgan fingerprint density at radius 3 is 2.31 bits per heavy atom. The molecule has 36 heavy (non-hydrogen) atoms. The summed E-state index contributed by atoms with van der Waals surface area (Å²) in [5.41, 5.74) is 6.89. The van der Waals surface area contributed by atoms with Crippen molar-refractivity contribution in [3.8, 4) is 22.7 Å². The number of nitrogens with one attached hydrogen (secondary N) is 2. The van der Waals surface area contributed by atoms with Crippen molar-refractivity contribution in [2.24, 2.45) is 0 Å². The van der Waals surface area contributed by atoms with Crippen LogP contribution in [0.4, 0.5) is 29.5 Å². The van der Waals surface area contributed by atoms with Gasteiger partial charge in [0.25, 0.3) is 0 Å². The molecule has 0 aliphatic rings. The Hall–Kier alpha value is -4.18. The highest BCUT2D eigenvalue weighted by Gasteiger charge is 2.30. The van der Waals surface area contributed by atoms with Crippen LogP contribution >= 0.6 is 11.6 Å². The smallest absolute Gasteiger partial charge is 0.416 e. The summed E-state index contributed by atoms with van der Waals surface area (Å²) in [6.07, 6.45) is -4.47. The van der Waals surface area contributed by atoms with E-state index < -0.39 is 17.8 Å². The molecule has 4 aromatic rings. The van der Waals surface area contributed by atoms with Gasteiger partial charge in [-0.25, -0.2) is 9.48 Å². The third-order valence-corrected chi connectivity index (χ3v) is 5.37. The summed E-state index contributed by atoms with van der Waals surface area (Å²) in [6.45, 7) is 0.450. The van der Waals surface area contributed by atoms with E-state index in [1.165, 1.54) is 16.8 Å². The maximum Gasteiger partial charge on any atom is 0.416 e. The van der Waals surface area contributed by atoms with Gasteiger partial charge in [0, 0.05) is 10.6 Å². The molecule has 0 saturated heterocycles. The molecule has 11 heteroatoms. The number of aromatic nitrogens is 2. The molecule has 3 aromatic carbocycles. The Balaban J connectivity index is 1.55. The fourth-order valence-corrected chi connectivity index (χ4v) is 3.49. The van der Waals surface area contributed by atoms with E-state index in [1.807, 2.05) is 18.2 Å². The number of benzene rings is 3. The van der Waals surface area contributed by atoms with Gasteiger partial charge in [-0.15, -0.1) is 0 Å². The molecule has 1 aromatic heterocycles. The van der Waals surface area contributed by atoms with Gasteiger partial charge in [0.1, 0.15) is 23.7 Å². The van der Waals surface area contributed by atoms with E-state index in [1.54, 1.807) is 36.4 Å². The van der Waals surface area contributed by atoms with Crippen LogP contribution in [0.3, 0.4) is 0 Å². The summed E-state index contributed by atoms with van der Waals surface area (Å²) < 4.78 is 45.7. The Morgan fingerprint density at radius 2 is 1.67 bits per heavy atom. The second-order valence-electron chi connectivity index (χ2n) is 7.61. The van der Waals surface area contributed by atoms with Crippen LogP contribution in [0.1, 0.15) is 5.56 Å². The number of anilines is 2. The zero-order valence-corrected chi connectivity index (χ0v) is 19.5. The van der Waals surface area contributed by atoms with Crippen LogP contribution in [-0.4, -0.2) is 29.0 Å². The first-order valence-electron chi connectivity index (χ1n) is 10.8. The van der Waals surface area contributed by atoms with Gasteiger partial charge < -0.3 is 21.1 Å². The standard InChI is InChI=1S/C25H21ClF3N5O2/c26-18-10-6-16(7-11-18)21-22(32-24(35)31-14-15-36-20-4-2-1-3-5-20)23(30)34(33-21)19-12-8-17(9-13-19)25(27,28)29/h1-13H,14-15,30H2,(H2,31,32,35). The van der Waals surface area contributed by atoms with Gasteiger partial charge in [-0.1, -0.05) is 41.9 Å². The number of carbonyl (C=O) groups is 1. The molecule has 0 fully saturated rings. The molecule has 0 spiro atoms. The van der Waals surface area contributed by atoms with Crippen molar-refractivity contribution in [3.63, 3.8) is 0 Å². The fraction of sp³-hybridized carbons (Fsp3) is 0.120. The molecule has 0 radical (unpaired) electrons. The minimum Gasteiger partial charge on any atom is -0.492 e. The minimum atomic E-state index is -4.47. The second kappa shape index (κ2) is 10.6. The maximum absolute atomic E-state index is 13.0. The van der Waals surface area contributed by atoms with Crippen LogP contribution in [0.2, 0.25) is 5.02 Å². The summed E-state index contributed by atoms with van der Waals surface area (Å²) in [6, 6.07) is 19.6. The van der Waals surface area contributed by atoms with E-state index in [9.17, 15) is 18.0 Å². The molecule has 0 aliphatic carbocycles. The van der Waals surface area contributed by atoms with Crippen LogP contribution in [0, 0.1) is 0 Å². The third kappa shape index (κ3) is 5.89. The van der Waals surface area contributed by atoms with E-state index in [-0.39, 0.29) is 24.7 Å². The van der Waals surface area contributed by atoms with Crippen LogP contribution < -0.4 is 21.1 Å². The Labute approximate surface area is 209 Å². The van der Waals surface area contributed by atoms with Gasteiger partial charge in [0.2, 0.25) is 0 Å². The number of nitrogens with zero attached hydrogens (tertiary/aromatic N) is 2. The normalized spacial score (nSPS) is 11.2. The Bertz CT molecular complexity index is 1330. The lowest BCUT2D eigenvalue weighted by molar-refractivity contribution is -0.137. The highest BCUT2D eigenvalue weighted by molar-refractivity contribution is 6.30. The third-order valence-electron chi connectivity index (χ3n) is 5.12. The van der Waals surface area contributed by atoms with Gasteiger partial charge in [0.05, 0.1) is 17.8 Å². The molecular weight excluding hydrogens is 495 g/mol. The van der Waals surface area contributed by atoms with Crippen molar-refractivity contribution >= 4 is 29.1 Å². The zero-order chi connectivity index (χ0) is 25.7. The maximum atomic E-state index is 13.0. The highest BCUT2D eigenvalue weighted by Crippen LogP contribution is 2.35. The average molecular weight is 516 g/mol. The highest BCUT2D eigenvalue weighted by atomic mass is 35.5. The lowest BCUT2D eigenvalue weighted by Gasteiger charge is -2.10. The summed E-state index contributed by atoms with van der Waals surface area (Å²) in [5.74, 6) is 0.710. The Morgan fingerprint density at radius 1 is 1.00 bits per heavy atom. The molecule has 186 valence electrons. The first-order valence-corrected chi connectivity index (χ1v) is 11.1. The van der Waals surface area contributed by atoms with E-state index in [2.05, 4.69) is 15.7 Å². The number of carbonyl (C=O) groups excluding carboxylic acids is 1. The molecule has 4 N–H and O–H groups in total. The predicted octanol–water partition coefficient (Wildman–Crippen LogP) is 5.99. The van der Waals surface area contributed by atoms with Crippen LogP contribution in [0.15, 0.2) is 78.9 Å². The summed E-state index contributed by atoms with van der Waals surface area (Å²) in [4.78, 5) is 12.6. The lowest BCUT2D eigenvalue weighted by atomic mass is 10.1. The van der Waals surface area contributed by atoms with Gasteiger partial charge in [-0.3, -0.25) is 0 Å². The van der Waals surface area contributed by atoms with Crippen molar-refractivity contribution in [2.75, 3.05) is 24.2 Å². The van der Waals surface area contributed by atoms with E-state index in [4.69, 9.17) is 22.1 Å². The number of urea groups is 1. The average Bonchev–Trinajstić information content (AvgIpc) is 3.18. The minimum absolute atomic E-state index is 0.0374. The first kappa shape index (κ1) is 24.9. The molecular formula is C25H21ClF3N5O2. The van der Waals surface area contributed by atoms with Gasteiger partial charge in [0.15, 0.2) is 5.82 Å². The molecule has 0 atom stereocenters. The van der Waals surface area contributed by atoms with Crippen LogP contribution in [0.25, 0.3) is 16.9 Å². The molecule has 4 rings (SSSR count). The number of hydrogen-bond donors (Lipinski definition) is 3. The summed E-state index contributed by atoms with van der Waals surface area (Å²) in [5, 5.41) is 10.3. The lowest BCUT2D eigenvalue weighted by Crippen LogP contribution is -2.32. The molecule has 0 saturated carbocycles. The number of para-hydroxylation sites is 1. The van der Waals surface area contributed by atoms with Crippen molar-refractivity contribution in [1.29, 1.82) is 0 Å². The SMILES string of the molecule is Nc1c(NC(=O)NCCOc2ccccc2)c(-c2ccc(Cl)cc2)nn1-c1ccc(C(F)(F)F)cc1. The molecule has 7 nitrogen and oxygen atoms in total. The molecule has 0 bridgehead atoms. The van der Waals surface area contributed by atoms with E-state index in [0.29, 0.717) is 27.7 Å². The summed E-state index contributed by atoms with van der Waals surface area (Å²) in [7, 11) is 0. The number of halogens is 4. The number of nitrogen functional groups attached to an aromatic ring is 1. The number of nitrogens with two attached hydrogens (primary N) is 1. The zero-order valence-electron chi connectivity index (χ0n) is 18.7. The fourth-order valence-electron chi connectivity index (χ4n) is 3.36. The van der Waals surface area contributed by atoms with Crippen LogP contribution in [0.5, 0.6) is 5.75 Å². The number of ether oxygens (including phenoxy) is 1. The quantitative estimate of drug-likeness (QED) is 0.263. The monoisotopic (exact) mass is 515 g/mol. The number of hydrogen-bond acceptors (Lipinski definition) is 4. The van der Waals surface area contributed by atoms with Gasteiger partial charge in [-0.05, 0) is 48.5 Å². The Kier molecular flexibility index (Phi) is 7.35.